The molecule has 1 atom stereocenters. The molecule has 0 rings (SSSR count). The van der Waals surface area contributed by atoms with Crippen LogP contribution in [0.2, 0.25) is 0 Å². The Morgan fingerprint density at radius 1 is 0.314 bits per heavy atom. The van der Waals surface area contributed by atoms with E-state index in [1.54, 1.807) is 6.08 Å². The van der Waals surface area contributed by atoms with Crippen LogP contribution >= 0.6 is 0 Å². The fourth-order valence-electron chi connectivity index (χ4n) is 6.52. The summed E-state index contributed by atoms with van der Waals surface area (Å²) < 4.78 is 16.6. The minimum Gasteiger partial charge on any atom is -0.462 e. The van der Waals surface area contributed by atoms with Crippen LogP contribution in [0.5, 0.6) is 0 Å². The van der Waals surface area contributed by atoms with Gasteiger partial charge in [0, 0.05) is 12.8 Å². The molecule has 0 bridgehead atoms. The van der Waals surface area contributed by atoms with E-state index in [1.807, 2.05) is 6.08 Å². The zero-order valence-electron chi connectivity index (χ0n) is 44.2. The number of unbranched alkanes of at least 4 members (excludes halogenated alkanes) is 8. The van der Waals surface area contributed by atoms with Crippen molar-refractivity contribution < 1.29 is 28.6 Å². The molecular formula is C64H96O6. The lowest BCUT2D eigenvalue weighted by Gasteiger charge is -2.18. The molecule has 70 heavy (non-hydrogen) atoms. The molecule has 6 heteroatoms. The third-order valence-corrected chi connectivity index (χ3v) is 10.5. The van der Waals surface area contributed by atoms with Gasteiger partial charge in [0.2, 0.25) is 0 Å². The predicted octanol–water partition coefficient (Wildman–Crippen LogP) is 18.4. The summed E-state index contributed by atoms with van der Waals surface area (Å²) in [5.74, 6) is -1.16. The van der Waals surface area contributed by atoms with Gasteiger partial charge in [-0.05, 0) is 109 Å². The van der Waals surface area contributed by atoms with Crippen LogP contribution in [0.3, 0.4) is 0 Å². The molecule has 1 unspecified atom stereocenters. The molecule has 0 saturated heterocycles. The average Bonchev–Trinajstić information content (AvgIpc) is 3.36. The van der Waals surface area contributed by atoms with Crippen molar-refractivity contribution in [3.63, 3.8) is 0 Å². The smallest absolute Gasteiger partial charge is 0.310 e. The molecule has 0 amide bonds. The minimum atomic E-state index is -0.861. The Balaban J connectivity index is 4.45. The summed E-state index contributed by atoms with van der Waals surface area (Å²) in [6.07, 6.45) is 83.9. The molecule has 0 spiro atoms. The maximum Gasteiger partial charge on any atom is 0.310 e. The van der Waals surface area contributed by atoms with Crippen LogP contribution in [0.25, 0.3) is 0 Å². The van der Waals surface area contributed by atoms with Crippen molar-refractivity contribution in [3.05, 3.63) is 170 Å². The van der Waals surface area contributed by atoms with Crippen molar-refractivity contribution >= 4 is 17.9 Å². The molecule has 388 valence electrons. The zero-order chi connectivity index (χ0) is 50.7. The zero-order valence-corrected chi connectivity index (χ0v) is 44.2. The summed E-state index contributed by atoms with van der Waals surface area (Å²) in [6, 6.07) is 0. The van der Waals surface area contributed by atoms with E-state index in [0.29, 0.717) is 19.3 Å². The van der Waals surface area contributed by atoms with Crippen molar-refractivity contribution in [2.45, 2.75) is 200 Å². The second-order valence-corrected chi connectivity index (χ2v) is 17.0. The summed E-state index contributed by atoms with van der Waals surface area (Å²) in [7, 11) is 0. The number of carbonyl (C=O) groups excluding carboxylic acids is 3. The number of hydrogen-bond acceptors (Lipinski definition) is 6. The molecule has 0 aromatic carbocycles. The molecule has 0 N–H and O–H groups in total. The average molecular weight is 961 g/mol. The number of carbonyl (C=O) groups is 3. The fraction of sp³-hybridized carbons (Fsp3) is 0.516. The van der Waals surface area contributed by atoms with Crippen LogP contribution < -0.4 is 0 Å². The molecule has 0 aromatic rings. The van der Waals surface area contributed by atoms with E-state index in [9.17, 15) is 14.4 Å². The summed E-state index contributed by atoms with van der Waals surface area (Å²) in [5, 5.41) is 0. The van der Waals surface area contributed by atoms with Gasteiger partial charge in [0.15, 0.2) is 6.10 Å². The minimum absolute atomic E-state index is 0.0768. The Morgan fingerprint density at radius 2 is 0.600 bits per heavy atom. The third kappa shape index (κ3) is 53.7. The van der Waals surface area contributed by atoms with Gasteiger partial charge in [-0.1, -0.05) is 236 Å². The highest BCUT2D eigenvalue weighted by atomic mass is 16.6. The summed E-state index contributed by atoms with van der Waals surface area (Å²) >= 11 is 0. The Morgan fingerprint density at radius 3 is 0.943 bits per heavy atom. The second-order valence-electron chi connectivity index (χ2n) is 17.0. The van der Waals surface area contributed by atoms with Gasteiger partial charge >= 0.3 is 17.9 Å². The number of rotatable bonds is 46. The first-order valence-electron chi connectivity index (χ1n) is 27.1. The van der Waals surface area contributed by atoms with Crippen molar-refractivity contribution in [2.75, 3.05) is 13.2 Å². The van der Waals surface area contributed by atoms with Crippen LogP contribution in [-0.4, -0.2) is 37.2 Å². The van der Waals surface area contributed by atoms with E-state index in [-0.39, 0.29) is 38.0 Å². The number of ether oxygens (including phenoxy) is 3. The van der Waals surface area contributed by atoms with Crippen molar-refractivity contribution in [1.29, 1.82) is 0 Å². The molecule has 0 aliphatic heterocycles. The van der Waals surface area contributed by atoms with Gasteiger partial charge < -0.3 is 14.2 Å². The van der Waals surface area contributed by atoms with Crippen molar-refractivity contribution in [1.82, 2.24) is 0 Å². The molecule has 6 nitrogen and oxygen atoms in total. The molecule has 0 aromatic heterocycles. The summed E-state index contributed by atoms with van der Waals surface area (Å²) in [4.78, 5) is 37.8. The van der Waals surface area contributed by atoms with Gasteiger partial charge in [-0.3, -0.25) is 14.4 Å². The molecule has 0 radical (unpaired) electrons. The maximum absolute atomic E-state index is 12.7. The topological polar surface area (TPSA) is 78.9 Å². The Labute approximate surface area is 428 Å². The van der Waals surface area contributed by atoms with Gasteiger partial charge in [-0.2, -0.15) is 0 Å². The third-order valence-electron chi connectivity index (χ3n) is 10.5. The van der Waals surface area contributed by atoms with Gasteiger partial charge in [-0.15, -0.1) is 0 Å². The quantitative estimate of drug-likeness (QED) is 0.0262. The Bertz CT molecular complexity index is 1670. The number of allylic oxidation sites excluding steroid dienone is 27. The molecular weight excluding hydrogens is 865 g/mol. The fourth-order valence-corrected chi connectivity index (χ4v) is 6.52. The molecule has 0 aliphatic rings. The first-order valence-corrected chi connectivity index (χ1v) is 27.1. The largest absolute Gasteiger partial charge is 0.462 e. The van der Waals surface area contributed by atoms with Gasteiger partial charge in [0.1, 0.15) is 13.2 Å². The first kappa shape index (κ1) is 64.8. The SMILES string of the molecule is CC/C=C\C/C=C\C/C=C\C/C=C\C/C=C\C/C=C\C/C=C\C/C=C\C/C=C\CCCC(=O)OCC(COC(=O)CCCCCCCCCC)OC(=O)C/C=C\C/C=C\C/C=C\C/C=C\C/C=C\CC. The van der Waals surface area contributed by atoms with E-state index < -0.39 is 12.1 Å². The van der Waals surface area contributed by atoms with E-state index in [4.69, 9.17) is 14.2 Å². The standard InChI is InChI=1S/C64H96O6/c1-4-7-10-13-16-19-21-23-25-26-27-28-29-30-31-32-33-34-35-36-37-38-40-41-43-45-48-51-54-57-63(66)69-60-61(59-68-62(65)56-53-50-47-18-15-12-9-6-3)70-64(67)58-55-52-49-46-44-42-39-24-22-20-17-14-11-8-5-2/h7-8,10-11,16-17,19-20,23-25,27-28,30-31,33-34,36-37,39-41,44-46,48,52,55,61H,4-6,9,12-15,18,21-22,26,29,32,35,38,42-43,47,49-51,53-54,56-60H2,1-3H3/b10-7-,11-8-,19-16-,20-17-,25-23-,28-27-,31-30-,34-33-,37-36-,39-24-,41-40-,46-44-,48-45-,55-52-. The summed E-state index contributed by atoms with van der Waals surface area (Å²) in [6.45, 7) is 6.21. The normalized spacial score (nSPS) is 13.5. The Kier molecular flexibility index (Phi) is 52.1. The van der Waals surface area contributed by atoms with Crippen LogP contribution in [-0.2, 0) is 28.6 Å². The lowest BCUT2D eigenvalue weighted by molar-refractivity contribution is -0.166. The second kappa shape index (κ2) is 56.4. The maximum atomic E-state index is 12.7. The lowest BCUT2D eigenvalue weighted by atomic mass is 10.1. The van der Waals surface area contributed by atoms with Crippen LogP contribution in [0.15, 0.2) is 170 Å². The molecule has 0 saturated carbocycles. The van der Waals surface area contributed by atoms with Crippen molar-refractivity contribution in [3.8, 4) is 0 Å². The van der Waals surface area contributed by atoms with Crippen LogP contribution in [0, 0.1) is 0 Å². The molecule has 0 heterocycles. The number of hydrogen-bond donors (Lipinski definition) is 0. The highest BCUT2D eigenvalue weighted by molar-refractivity contribution is 5.72. The van der Waals surface area contributed by atoms with E-state index >= 15 is 0 Å². The molecule has 0 fully saturated rings. The highest BCUT2D eigenvalue weighted by Gasteiger charge is 2.19. The monoisotopic (exact) mass is 961 g/mol. The van der Waals surface area contributed by atoms with Gasteiger partial charge in [0.05, 0.1) is 6.42 Å². The number of esters is 3. The Hall–Kier alpha value is -5.23. The molecule has 0 aliphatic carbocycles. The van der Waals surface area contributed by atoms with Crippen LogP contribution in [0.4, 0.5) is 0 Å². The van der Waals surface area contributed by atoms with Gasteiger partial charge in [-0.25, -0.2) is 0 Å². The van der Waals surface area contributed by atoms with E-state index in [2.05, 4.69) is 179 Å². The van der Waals surface area contributed by atoms with Crippen molar-refractivity contribution in [2.24, 2.45) is 0 Å². The summed E-state index contributed by atoms with van der Waals surface area (Å²) in [5.41, 5.74) is 0. The van der Waals surface area contributed by atoms with E-state index in [1.165, 1.54) is 32.1 Å². The van der Waals surface area contributed by atoms with Gasteiger partial charge in [0.25, 0.3) is 0 Å². The van der Waals surface area contributed by atoms with Crippen LogP contribution in [0.1, 0.15) is 194 Å². The predicted molar refractivity (Wildman–Crippen MR) is 301 cm³/mol. The highest BCUT2D eigenvalue weighted by Crippen LogP contribution is 2.11. The first-order chi connectivity index (χ1) is 34.5. The van der Waals surface area contributed by atoms with E-state index in [0.717, 1.165) is 109 Å². The lowest BCUT2D eigenvalue weighted by Crippen LogP contribution is -2.30.